The second-order valence-electron chi connectivity index (χ2n) is 4.95. The van der Waals surface area contributed by atoms with Gasteiger partial charge in [-0.25, -0.2) is 9.59 Å². The molecule has 1 rings (SSSR count). The standard InChI is InChI=1S/C14H17NO4/c1-9(10-5-7-11(15)8-6-10)12(16)18-13(17)19-14(2,3)4/h5-8H,1,15H2,2-4H3. The van der Waals surface area contributed by atoms with Gasteiger partial charge in [-0.3, -0.25) is 0 Å². The van der Waals surface area contributed by atoms with Crippen LogP contribution in [0, 0.1) is 0 Å². The van der Waals surface area contributed by atoms with Gasteiger partial charge in [-0.05, 0) is 38.5 Å². The number of rotatable bonds is 2. The van der Waals surface area contributed by atoms with Gasteiger partial charge in [0.25, 0.3) is 0 Å². The summed E-state index contributed by atoms with van der Waals surface area (Å²) in [4.78, 5) is 23.0. The van der Waals surface area contributed by atoms with Crippen molar-refractivity contribution in [2.45, 2.75) is 26.4 Å². The van der Waals surface area contributed by atoms with Gasteiger partial charge in [-0.15, -0.1) is 0 Å². The van der Waals surface area contributed by atoms with Crippen LogP contribution >= 0.6 is 0 Å². The third-order valence-electron chi connectivity index (χ3n) is 2.07. The number of anilines is 1. The molecule has 1 aromatic rings. The lowest BCUT2D eigenvalue weighted by atomic mass is 10.1. The Hall–Kier alpha value is -2.30. The summed E-state index contributed by atoms with van der Waals surface area (Å²) >= 11 is 0. The summed E-state index contributed by atoms with van der Waals surface area (Å²) in [6.07, 6.45) is -1.05. The van der Waals surface area contributed by atoms with Crippen LogP contribution in [0.1, 0.15) is 26.3 Å². The molecule has 0 aliphatic heterocycles. The molecule has 5 heteroatoms. The molecule has 102 valence electrons. The summed E-state index contributed by atoms with van der Waals surface area (Å²) in [5.41, 5.74) is 5.97. The molecule has 0 atom stereocenters. The number of carbonyl (C=O) groups is 2. The Morgan fingerprint density at radius 2 is 1.68 bits per heavy atom. The summed E-state index contributed by atoms with van der Waals surface area (Å²) in [7, 11) is 0. The minimum absolute atomic E-state index is 0.0610. The first-order valence-corrected chi connectivity index (χ1v) is 5.69. The fourth-order valence-corrected chi connectivity index (χ4v) is 1.21. The zero-order chi connectivity index (χ0) is 14.6. The molecule has 0 unspecified atom stereocenters. The average molecular weight is 263 g/mol. The highest BCUT2D eigenvalue weighted by Gasteiger charge is 2.22. The van der Waals surface area contributed by atoms with Crippen molar-refractivity contribution in [1.82, 2.24) is 0 Å². The van der Waals surface area contributed by atoms with Gasteiger partial charge in [0, 0.05) is 5.69 Å². The summed E-state index contributed by atoms with van der Waals surface area (Å²) in [6.45, 7) is 8.60. The number of esters is 1. The number of nitrogens with two attached hydrogens (primary N) is 1. The van der Waals surface area contributed by atoms with Crippen molar-refractivity contribution >= 4 is 23.4 Å². The number of carbonyl (C=O) groups excluding carboxylic acids is 2. The van der Waals surface area contributed by atoms with Crippen LogP contribution in [0.15, 0.2) is 30.8 Å². The van der Waals surface area contributed by atoms with Gasteiger partial charge < -0.3 is 15.2 Å². The van der Waals surface area contributed by atoms with E-state index in [0.29, 0.717) is 11.3 Å². The quantitative estimate of drug-likeness (QED) is 0.384. The summed E-state index contributed by atoms with van der Waals surface area (Å²) in [6, 6.07) is 6.49. The van der Waals surface area contributed by atoms with E-state index in [-0.39, 0.29) is 5.57 Å². The lowest BCUT2D eigenvalue weighted by molar-refractivity contribution is -0.134. The van der Waals surface area contributed by atoms with E-state index in [2.05, 4.69) is 11.3 Å². The molecule has 1 aromatic carbocycles. The van der Waals surface area contributed by atoms with Crippen molar-refractivity contribution in [3.63, 3.8) is 0 Å². The van der Waals surface area contributed by atoms with Crippen molar-refractivity contribution in [3.05, 3.63) is 36.4 Å². The van der Waals surface area contributed by atoms with E-state index >= 15 is 0 Å². The zero-order valence-electron chi connectivity index (χ0n) is 11.2. The molecule has 0 radical (unpaired) electrons. The van der Waals surface area contributed by atoms with Crippen molar-refractivity contribution in [3.8, 4) is 0 Å². The smallest absolute Gasteiger partial charge is 0.428 e. The molecular weight excluding hydrogens is 246 g/mol. The van der Waals surface area contributed by atoms with Crippen LogP contribution in [0.25, 0.3) is 5.57 Å². The molecule has 0 saturated heterocycles. The first kappa shape index (κ1) is 14.8. The van der Waals surface area contributed by atoms with Gasteiger partial charge in [0.1, 0.15) is 5.60 Å². The lowest BCUT2D eigenvalue weighted by Gasteiger charge is -2.18. The van der Waals surface area contributed by atoms with Crippen LogP contribution in [0.2, 0.25) is 0 Å². The second-order valence-corrected chi connectivity index (χ2v) is 4.95. The molecule has 0 fully saturated rings. The van der Waals surface area contributed by atoms with Gasteiger partial charge in [0.2, 0.25) is 0 Å². The summed E-state index contributed by atoms with van der Waals surface area (Å²) in [5.74, 6) is -0.848. The highest BCUT2D eigenvalue weighted by molar-refractivity contribution is 6.17. The molecule has 0 saturated carbocycles. The predicted octanol–water partition coefficient (Wildman–Crippen LogP) is 2.76. The molecular formula is C14H17NO4. The molecule has 0 aliphatic rings. The fourth-order valence-electron chi connectivity index (χ4n) is 1.21. The predicted molar refractivity (Wildman–Crippen MR) is 72.2 cm³/mol. The van der Waals surface area contributed by atoms with Crippen LogP contribution < -0.4 is 5.73 Å². The third kappa shape index (κ3) is 4.83. The highest BCUT2D eigenvalue weighted by atomic mass is 16.7. The van der Waals surface area contributed by atoms with E-state index in [1.165, 1.54) is 0 Å². The fraction of sp³-hybridized carbons (Fsp3) is 0.286. The van der Waals surface area contributed by atoms with Crippen molar-refractivity contribution in [1.29, 1.82) is 0 Å². The molecule has 0 bridgehead atoms. The monoisotopic (exact) mass is 263 g/mol. The Labute approximate surface area is 112 Å². The highest BCUT2D eigenvalue weighted by Crippen LogP contribution is 2.17. The SMILES string of the molecule is C=C(C(=O)OC(=O)OC(C)(C)C)c1ccc(N)cc1. The Morgan fingerprint density at radius 1 is 1.16 bits per heavy atom. The number of hydrogen-bond acceptors (Lipinski definition) is 5. The number of hydrogen-bond donors (Lipinski definition) is 1. The van der Waals surface area contributed by atoms with Gasteiger partial charge in [0.15, 0.2) is 0 Å². The van der Waals surface area contributed by atoms with Crippen molar-refractivity contribution in [2.24, 2.45) is 0 Å². The first-order valence-electron chi connectivity index (χ1n) is 5.69. The number of ether oxygens (including phenoxy) is 2. The Morgan fingerprint density at radius 3 is 2.16 bits per heavy atom. The van der Waals surface area contributed by atoms with E-state index in [1.807, 2.05) is 0 Å². The van der Waals surface area contributed by atoms with Crippen LogP contribution in [0.5, 0.6) is 0 Å². The number of nitrogen functional groups attached to an aromatic ring is 1. The Balaban J connectivity index is 2.66. The van der Waals surface area contributed by atoms with Crippen LogP contribution in [-0.4, -0.2) is 17.7 Å². The molecule has 0 spiro atoms. The maximum Gasteiger partial charge on any atom is 0.516 e. The van der Waals surface area contributed by atoms with E-state index < -0.39 is 17.7 Å². The lowest BCUT2D eigenvalue weighted by Crippen LogP contribution is -2.26. The third-order valence-corrected chi connectivity index (χ3v) is 2.07. The summed E-state index contributed by atoms with van der Waals surface area (Å²) in [5, 5.41) is 0. The van der Waals surface area contributed by atoms with E-state index in [9.17, 15) is 9.59 Å². The largest absolute Gasteiger partial charge is 0.516 e. The van der Waals surface area contributed by atoms with E-state index in [4.69, 9.17) is 10.5 Å². The zero-order valence-corrected chi connectivity index (χ0v) is 11.2. The molecule has 0 aromatic heterocycles. The molecule has 5 nitrogen and oxygen atoms in total. The van der Waals surface area contributed by atoms with Crippen molar-refractivity contribution < 1.29 is 19.1 Å². The maximum atomic E-state index is 11.7. The van der Waals surface area contributed by atoms with Gasteiger partial charge in [0.05, 0.1) is 5.57 Å². The topological polar surface area (TPSA) is 78.6 Å². The minimum Gasteiger partial charge on any atom is -0.428 e. The molecule has 0 heterocycles. The summed E-state index contributed by atoms with van der Waals surface area (Å²) < 4.78 is 9.41. The van der Waals surface area contributed by atoms with E-state index in [0.717, 1.165) is 0 Å². The minimum atomic E-state index is -1.05. The number of benzene rings is 1. The Kier molecular flexibility index (Phi) is 4.32. The van der Waals surface area contributed by atoms with E-state index in [1.54, 1.807) is 45.0 Å². The average Bonchev–Trinajstić information content (AvgIpc) is 2.26. The molecule has 0 amide bonds. The van der Waals surface area contributed by atoms with Crippen LogP contribution in [0.4, 0.5) is 10.5 Å². The van der Waals surface area contributed by atoms with Gasteiger partial charge >= 0.3 is 12.1 Å². The van der Waals surface area contributed by atoms with Gasteiger partial charge in [-0.1, -0.05) is 18.7 Å². The molecule has 2 N–H and O–H groups in total. The molecule has 0 aliphatic carbocycles. The van der Waals surface area contributed by atoms with Crippen LogP contribution in [-0.2, 0) is 14.3 Å². The van der Waals surface area contributed by atoms with Gasteiger partial charge in [-0.2, -0.15) is 0 Å². The molecule has 19 heavy (non-hydrogen) atoms. The normalized spacial score (nSPS) is 10.7. The van der Waals surface area contributed by atoms with Crippen LogP contribution in [0.3, 0.4) is 0 Å². The maximum absolute atomic E-state index is 11.7. The van der Waals surface area contributed by atoms with Crippen molar-refractivity contribution in [2.75, 3.05) is 5.73 Å². The first-order chi connectivity index (χ1) is 8.69. The second kappa shape index (κ2) is 5.56. The Bertz CT molecular complexity index is 497.